The van der Waals surface area contributed by atoms with Crippen molar-refractivity contribution < 1.29 is 0 Å². The first-order valence-electron chi connectivity index (χ1n) is 6.36. The Morgan fingerprint density at radius 3 is 2.79 bits per heavy atom. The summed E-state index contributed by atoms with van der Waals surface area (Å²) in [6, 6.07) is 6.37. The molecule has 0 radical (unpaired) electrons. The predicted octanol–water partition coefficient (Wildman–Crippen LogP) is 4.42. The summed E-state index contributed by atoms with van der Waals surface area (Å²) >= 11 is 5.16. The smallest absolute Gasteiger partial charge is 0.205 e. The second-order valence-electron chi connectivity index (χ2n) is 5.04. The minimum atomic E-state index is 0.620. The summed E-state index contributed by atoms with van der Waals surface area (Å²) < 4.78 is 1.14. The molecule has 0 amide bonds. The lowest BCUT2D eigenvalue weighted by Gasteiger charge is -2.05. The largest absolute Gasteiger partial charge is 0.356 e. The third-order valence-electron chi connectivity index (χ3n) is 2.72. The average molecular weight is 340 g/mol. The van der Waals surface area contributed by atoms with E-state index >= 15 is 0 Å². The van der Waals surface area contributed by atoms with Gasteiger partial charge in [-0.2, -0.15) is 0 Å². The highest BCUT2D eigenvalue weighted by Crippen LogP contribution is 2.20. The molecule has 0 spiro atoms. The second kappa shape index (κ2) is 6.48. The minimum Gasteiger partial charge on any atom is -0.356 e. The Kier molecular flexibility index (Phi) is 4.93. The van der Waals surface area contributed by atoms with Crippen LogP contribution in [-0.4, -0.2) is 10.2 Å². The van der Waals surface area contributed by atoms with Gasteiger partial charge in [-0.3, -0.25) is 0 Å². The van der Waals surface area contributed by atoms with Crippen molar-refractivity contribution in [3.63, 3.8) is 0 Å². The lowest BCUT2D eigenvalue weighted by Crippen LogP contribution is -1.99. The summed E-state index contributed by atoms with van der Waals surface area (Å²) in [5.41, 5.74) is 2.50. The molecule has 0 aliphatic rings. The predicted molar refractivity (Wildman–Crippen MR) is 84.7 cm³/mol. The molecule has 1 heterocycles. The zero-order chi connectivity index (χ0) is 13.8. The molecule has 102 valence electrons. The van der Waals surface area contributed by atoms with E-state index in [9.17, 15) is 0 Å². The number of halogens is 1. The van der Waals surface area contributed by atoms with Gasteiger partial charge >= 0.3 is 0 Å². The van der Waals surface area contributed by atoms with E-state index in [1.807, 2.05) is 0 Å². The molecule has 1 N–H and O–H groups in total. The van der Waals surface area contributed by atoms with Crippen molar-refractivity contribution in [2.75, 3.05) is 5.32 Å². The van der Waals surface area contributed by atoms with Gasteiger partial charge in [-0.05, 0) is 30.0 Å². The van der Waals surface area contributed by atoms with Crippen molar-refractivity contribution in [1.29, 1.82) is 0 Å². The van der Waals surface area contributed by atoms with E-state index in [1.54, 1.807) is 11.3 Å². The van der Waals surface area contributed by atoms with Gasteiger partial charge in [0, 0.05) is 17.4 Å². The van der Waals surface area contributed by atoms with Crippen molar-refractivity contribution in [1.82, 2.24) is 10.2 Å². The number of anilines is 1. The van der Waals surface area contributed by atoms with E-state index in [0.717, 1.165) is 27.6 Å². The fraction of sp³-hybridized carbons (Fsp3) is 0.429. The number of nitrogens with one attached hydrogen (secondary N) is 1. The SMILES string of the molecule is Cc1cc(CNc2nnc(CC(C)C)s2)ccc1Br. The molecule has 2 aromatic rings. The van der Waals surface area contributed by atoms with Gasteiger partial charge in [0.2, 0.25) is 5.13 Å². The fourth-order valence-corrected chi connectivity index (χ4v) is 2.95. The summed E-state index contributed by atoms with van der Waals surface area (Å²) in [6.45, 7) is 7.27. The zero-order valence-corrected chi connectivity index (χ0v) is 13.8. The quantitative estimate of drug-likeness (QED) is 0.876. The van der Waals surface area contributed by atoms with Crippen LogP contribution in [0.2, 0.25) is 0 Å². The van der Waals surface area contributed by atoms with Crippen molar-refractivity contribution >= 4 is 32.4 Å². The maximum atomic E-state index is 4.20. The Hall–Kier alpha value is -0.940. The Bertz CT molecular complexity index is 551. The summed E-state index contributed by atoms with van der Waals surface area (Å²) in [4.78, 5) is 0. The van der Waals surface area contributed by atoms with Gasteiger partial charge < -0.3 is 5.32 Å². The van der Waals surface area contributed by atoms with Gasteiger partial charge in [0.25, 0.3) is 0 Å². The highest BCUT2D eigenvalue weighted by atomic mass is 79.9. The van der Waals surface area contributed by atoms with Crippen LogP contribution >= 0.6 is 27.3 Å². The maximum Gasteiger partial charge on any atom is 0.205 e. The van der Waals surface area contributed by atoms with E-state index < -0.39 is 0 Å². The van der Waals surface area contributed by atoms with Crippen molar-refractivity contribution in [2.45, 2.75) is 33.7 Å². The number of nitrogens with zero attached hydrogens (tertiary/aromatic N) is 2. The lowest BCUT2D eigenvalue weighted by molar-refractivity contribution is 0.640. The first-order chi connectivity index (χ1) is 9.04. The molecular weight excluding hydrogens is 322 g/mol. The summed E-state index contributed by atoms with van der Waals surface area (Å²) in [5, 5.41) is 13.7. The van der Waals surface area contributed by atoms with E-state index in [0.29, 0.717) is 5.92 Å². The van der Waals surface area contributed by atoms with E-state index in [4.69, 9.17) is 0 Å². The monoisotopic (exact) mass is 339 g/mol. The number of aromatic nitrogens is 2. The highest BCUT2D eigenvalue weighted by Gasteiger charge is 2.06. The van der Waals surface area contributed by atoms with Crippen molar-refractivity contribution in [3.8, 4) is 0 Å². The third-order valence-corrected chi connectivity index (χ3v) is 4.51. The van der Waals surface area contributed by atoms with Crippen molar-refractivity contribution in [2.24, 2.45) is 5.92 Å². The summed E-state index contributed by atoms with van der Waals surface area (Å²) in [6.07, 6.45) is 0.997. The Labute approximate surface area is 126 Å². The molecule has 5 heteroatoms. The van der Waals surface area contributed by atoms with Gasteiger partial charge in [0.15, 0.2) is 0 Å². The van der Waals surface area contributed by atoms with Crippen LogP contribution < -0.4 is 5.32 Å². The van der Waals surface area contributed by atoms with Crippen LogP contribution in [0, 0.1) is 12.8 Å². The van der Waals surface area contributed by atoms with Gasteiger partial charge in [0.1, 0.15) is 5.01 Å². The number of rotatable bonds is 5. The van der Waals surface area contributed by atoms with Crippen LogP contribution in [0.1, 0.15) is 30.0 Å². The number of aryl methyl sites for hydroxylation is 1. The molecule has 0 saturated carbocycles. The molecule has 0 bridgehead atoms. The molecule has 1 aromatic heterocycles. The number of hydrogen-bond acceptors (Lipinski definition) is 4. The zero-order valence-electron chi connectivity index (χ0n) is 11.4. The van der Waals surface area contributed by atoms with Gasteiger partial charge in [-0.25, -0.2) is 0 Å². The molecule has 0 unspecified atom stereocenters. The molecular formula is C14H18BrN3S. The minimum absolute atomic E-state index is 0.620. The first kappa shape index (κ1) is 14.5. The molecule has 0 atom stereocenters. The van der Waals surface area contributed by atoms with Crippen LogP contribution in [0.5, 0.6) is 0 Å². The van der Waals surface area contributed by atoms with Gasteiger partial charge in [0.05, 0.1) is 0 Å². The maximum absolute atomic E-state index is 4.20. The average Bonchev–Trinajstić information content (AvgIpc) is 2.77. The second-order valence-corrected chi connectivity index (χ2v) is 6.95. The standard InChI is InChI=1S/C14H18BrN3S/c1-9(2)6-13-17-18-14(19-13)16-8-11-4-5-12(15)10(3)7-11/h4-5,7,9H,6,8H2,1-3H3,(H,16,18). The molecule has 0 fully saturated rings. The van der Waals surface area contributed by atoms with Gasteiger partial charge in [-0.15, -0.1) is 10.2 Å². The van der Waals surface area contributed by atoms with Crippen LogP contribution in [0.15, 0.2) is 22.7 Å². The fourth-order valence-electron chi connectivity index (χ4n) is 1.75. The Morgan fingerprint density at radius 2 is 2.11 bits per heavy atom. The summed E-state index contributed by atoms with van der Waals surface area (Å²) in [5.74, 6) is 0.620. The van der Waals surface area contributed by atoms with E-state index in [2.05, 4.69) is 70.4 Å². The normalized spacial score (nSPS) is 11.0. The van der Waals surface area contributed by atoms with Crippen LogP contribution in [0.4, 0.5) is 5.13 Å². The van der Waals surface area contributed by atoms with Crippen LogP contribution in [0.3, 0.4) is 0 Å². The van der Waals surface area contributed by atoms with E-state index in [-0.39, 0.29) is 0 Å². The molecule has 2 rings (SSSR count). The molecule has 19 heavy (non-hydrogen) atoms. The Morgan fingerprint density at radius 1 is 1.32 bits per heavy atom. The third kappa shape index (κ3) is 4.28. The van der Waals surface area contributed by atoms with Gasteiger partial charge in [-0.1, -0.05) is 53.2 Å². The molecule has 3 nitrogen and oxygen atoms in total. The van der Waals surface area contributed by atoms with Crippen LogP contribution in [-0.2, 0) is 13.0 Å². The number of benzene rings is 1. The Balaban J connectivity index is 1.94. The highest BCUT2D eigenvalue weighted by molar-refractivity contribution is 9.10. The van der Waals surface area contributed by atoms with E-state index in [1.165, 1.54) is 11.1 Å². The topological polar surface area (TPSA) is 37.8 Å². The van der Waals surface area contributed by atoms with Crippen molar-refractivity contribution in [3.05, 3.63) is 38.8 Å². The molecule has 0 saturated heterocycles. The lowest BCUT2D eigenvalue weighted by atomic mass is 10.1. The van der Waals surface area contributed by atoms with Crippen LogP contribution in [0.25, 0.3) is 0 Å². The summed E-state index contributed by atoms with van der Waals surface area (Å²) in [7, 11) is 0. The molecule has 0 aliphatic heterocycles. The number of hydrogen-bond donors (Lipinski definition) is 1. The molecule has 1 aromatic carbocycles. The first-order valence-corrected chi connectivity index (χ1v) is 7.97. The molecule has 0 aliphatic carbocycles.